The quantitative estimate of drug-likeness (QED) is 0.752. The first-order valence-corrected chi connectivity index (χ1v) is 8.68. The van der Waals surface area contributed by atoms with Crippen molar-refractivity contribution in [2.24, 2.45) is 0 Å². The Morgan fingerprint density at radius 3 is 2.52 bits per heavy atom. The third-order valence-electron chi connectivity index (χ3n) is 4.66. The molecule has 0 aliphatic heterocycles. The third kappa shape index (κ3) is 4.42. The molecule has 0 heterocycles. The van der Waals surface area contributed by atoms with E-state index in [1.54, 1.807) is 30.3 Å². The maximum atomic E-state index is 12.5. The van der Waals surface area contributed by atoms with Crippen LogP contribution in [0.15, 0.2) is 42.5 Å². The lowest BCUT2D eigenvalue weighted by atomic mass is 9.92. The predicted octanol–water partition coefficient (Wildman–Crippen LogP) is 4.34. The summed E-state index contributed by atoms with van der Waals surface area (Å²) >= 11 is 0. The smallest absolute Gasteiger partial charge is 0.471 e. The van der Waals surface area contributed by atoms with Gasteiger partial charge in [0, 0.05) is 11.6 Å². The van der Waals surface area contributed by atoms with Gasteiger partial charge in [0.15, 0.2) is 0 Å². The molecule has 1 unspecified atom stereocenters. The fourth-order valence-corrected chi connectivity index (χ4v) is 3.22. The summed E-state index contributed by atoms with van der Waals surface area (Å²) in [6, 6.07) is 9.60. The van der Waals surface area contributed by atoms with E-state index in [0.29, 0.717) is 17.7 Å². The van der Waals surface area contributed by atoms with E-state index in [9.17, 15) is 22.8 Å². The van der Waals surface area contributed by atoms with E-state index in [4.69, 9.17) is 9.47 Å². The van der Waals surface area contributed by atoms with Crippen LogP contribution in [0.25, 0.3) is 6.08 Å². The van der Waals surface area contributed by atoms with Crippen LogP contribution in [0.1, 0.15) is 33.0 Å². The van der Waals surface area contributed by atoms with Crippen LogP contribution < -0.4 is 10.1 Å². The van der Waals surface area contributed by atoms with Crippen molar-refractivity contribution >= 4 is 23.6 Å². The van der Waals surface area contributed by atoms with Crippen LogP contribution in [0.5, 0.6) is 5.75 Å². The van der Waals surface area contributed by atoms with Gasteiger partial charge in [-0.15, -0.1) is 0 Å². The van der Waals surface area contributed by atoms with Gasteiger partial charge >= 0.3 is 18.1 Å². The number of halogens is 3. The van der Waals surface area contributed by atoms with E-state index in [2.05, 4.69) is 0 Å². The molecule has 29 heavy (non-hydrogen) atoms. The molecule has 0 aromatic heterocycles. The van der Waals surface area contributed by atoms with Crippen molar-refractivity contribution < 1.29 is 32.2 Å². The second-order valence-electron chi connectivity index (χ2n) is 6.48. The molecule has 5 nitrogen and oxygen atoms in total. The third-order valence-corrected chi connectivity index (χ3v) is 4.66. The molecule has 0 radical (unpaired) electrons. The Labute approximate surface area is 165 Å². The Balaban J connectivity index is 1.83. The van der Waals surface area contributed by atoms with Crippen LogP contribution >= 0.6 is 0 Å². The lowest BCUT2D eigenvalue weighted by Crippen LogP contribution is -2.29. The molecule has 0 bridgehead atoms. The Hall–Kier alpha value is -3.29. The van der Waals surface area contributed by atoms with Crippen molar-refractivity contribution in [2.75, 3.05) is 19.5 Å². The highest BCUT2D eigenvalue weighted by Gasteiger charge is 2.38. The number of ether oxygens (including phenoxy) is 2. The number of carbonyl (C=O) groups excluding carboxylic acids is 2. The van der Waals surface area contributed by atoms with Gasteiger partial charge in [-0.1, -0.05) is 24.3 Å². The van der Waals surface area contributed by atoms with Gasteiger partial charge in [0.2, 0.25) is 0 Å². The van der Waals surface area contributed by atoms with Crippen LogP contribution in [0.3, 0.4) is 0 Å². The van der Waals surface area contributed by atoms with Gasteiger partial charge in [0.05, 0.1) is 19.8 Å². The molecular formula is C21H18F3NO4. The Bertz CT molecular complexity index is 982. The van der Waals surface area contributed by atoms with E-state index < -0.39 is 18.1 Å². The monoisotopic (exact) mass is 405 g/mol. The molecule has 0 saturated heterocycles. The first-order chi connectivity index (χ1) is 13.7. The van der Waals surface area contributed by atoms with Crippen molar-refractivity contribution in [3.05, 3.63) is 64.7 Å². The molecule has 1 aliphatic carbocycles. The number of esters is 1. The van der Waals surface area contributed by atoms with E-state index >= 15 is 0 Å². The minimum atomic E-state index is -4.95. The van der Waals surface area contributed by atoms with Crippen LogP contribution in [0, 0.1) is 0 Å². The maximum Gasteiger partial charge on any atom is 0.471 e. The summed E-state index contributed by atoms with van der Waals surface area (Å²) in [7, 11) is 2.78. The molecule has 1 atom stereocenters. The summed E-state index contributed by atoms with van der Waals surface area (Å²) in [5.41, 5.74) is 2.92. The normalized spacial score (nSPS) is 15.0. The number of methoxy groups -OCH3 is 2. The number of allylic oxidation sites excluding steroid dienone is 1. The number of amides is 1. The van der Waals surface area contributed by atoms with Crippen LogP contribution in [-0.4, -0.2) is 32.3 Å². The van der Waals surface area contributed by atoms with Crippen LogP contribution in [0.4, 0.5) is 18.9 Å². The molecule has 8 heteroatoms. The van der Waals surface area contributed by atoms with E-state index in [0.717, 1.165) is 16.7 Å². The van der Waals surface area contributed by atoms with Crippen molar-refractivity contribution in [3.63, 3.8) is 0 Å². The minimum Gasteiger partial charge on any atom is -0.496 e. The fraction of sp³-hybridized carbons (Fsp3) is 0.238. The zero-order valence-corrected chi connectivity index (χ0v) is 15.7. The van der Waals surface area contributed by atoms with Gasteiger partial charge in [-0.25, -0.2) is 4.79 Å². The van der Waals surface area contributed by atoms with Crippen LogP contribution in [0.2, 0.25) is 0 Å². The first-order valence-electron chi connectivity index (χ1n) is 8.68. The van der Waals surface area contributed by atoms with Crippen molar-refractivity contribution in [2.45, 2.75) is 18.5 Å². The zero-order valence-electron chi connectivity index (χ0n) is 15.7. The lowest BCUT2D eigenvalue weighted by Gasteiger charge is -2.16. The lowest BCUT2D eigenvalue weighted by molar-refractivity contribution is -0.167. The largest absolute Gasteiger partial charge is 0.496 e. The topological polar surface area (TPSA) is 64.6 Å². The van der Waals surface area contributed by atoms with E-state index in [1.807, 2.05) is 17.5 Å². The summed E-state index contributed by atoms with van der Waals surface area (Å²) in [6.07, 6.45) is -0.630. The second-order valence-corrected chi connectivity index (χ2v) is 6.48. The van der Waals surface area contributed by atoms with Gasteiger partial charge in [-0.3, -0.25) is 4.79 Å². The molecule has 2 aromatic carbocycles. The Morgan fingerprint density at radius 1 is 1.10 bits per heavy atom. The number of fused-ring (bicyclic) bond motifs is 1. The highest BCUT2D eigenvalue weighted by atomic mass is 19.4. The highest BCUT2D eigenvalue weighted by Crippen LogP contribution is 2.36. The molecule has 152 valence electrons. The fourth-order valence-electron chi connectivity index (χ4n) is 3.22. The molecule has 0 saturated carbocycles. The predicted molar refractivity (Wildman–Crippen MR) is 101 cm³/mol. The van der Waals surface area contributed by atoms with Crippen molar-refractivity contribution in [3.8, 4) is 5.75 Å². The van der Waals surface area contributed by atoms with E-state index in [1.165, 1.54) is 20.3 Å². The number of anilines is 1. The molecule has 2 aromatic rings. The summed E-state index contributed by atoms with van der Waals surface area (Å²) < 4.78 is 47.6. The number of alkyl halides is 3. The van der Waals surface area contributed by atoms with Crippen LogP contribution in [-0.2, 0) is 16.0 Å². The number of rotatable bonds is 5. The minimum absolute atomic E-state index is 0.0766. The van der Waals surface area contributed by atoms with Gasteiger partial charge in [-0.05, 0) is 47.4 Å². The second kappa shape index (κ2) is 7.98. The Morgan fingerprint density at radius 2 is 1.86 bits per heavy atom. The first kappa shape index (κ1) is 20.4. The van der Waals surface area contributed by atoms with Gasteiger partial charge in [0.25, 0.3) is 0 Å². The number of hydrogen-bond acceptors (Lipinski definition) is 4. The molecule has 1 N–H and O–H groups in total. The van der Waals surface area contributed by atoms with E-state index in [-0.39, 0.29) is 11.6 Å². The highest BCUT2D eigenvalue weighted by molar-refractivity contribution is 5.95. The molecular weight excluding hydrogens is 387 g/mol. The summed E-state index contributed by atoms with van der Waals surface area (Å²) in [4.78, 5) is 22.9. The average molecular weight is 405 g/mol. The van der Waals surface area contributed by atoms with Gasteiger partial charge < -0.3 is 14.8 Å². The molecule has 3 rings (SSSR count). The standard InChI is InChI=1S/C21H18F3NO4/c1-28-18-10-15(19(26)29-2)6-5-14(18)9-13-4-3-12-7-8-16(11-17(12)13)25-20(27)21(22,23)24/h3-8,10-11,13H,9H2,1-2H3,(H,25,27). The maximum absolute atomic E-state index is 12.5. The van der Waals surface area contributed by atoms with Gasteiger partial charge in [0.1, 0.15) is 5.75 Å². The number of carbonyl (C=O) groups is 2. The SMILES string of the molecule is COC(=O)c1ccc(CC2C=Cc3ccc(NC(=O)C(F)(F)F)cc32)c(OC)c1. The Kier molecular flexibility index (Phi) is 5.63. The number of nitrogens with one attached hydrogen (secondary N) is 1. The number of hydrogen-bond donors (Lipinski definition) is 1. The number of benzene rings is 2. The van der Waals surface area contributed by atoms with Gasteiger partial charge in [-0.2, -0.15) is 13.2 Å². The summed E-state index contributed by atoms with van der Waals surface area (Å²) in [6.45, 7) is 0. The summed E-state index contributed by atoms with van der Waals surface area (Å²) in [5, 5.41) is 1.88. The van der Waals surface area contributed by atoms with Crippen molar-refractivity contribution in [1.82, 2.24) is 0 Å². The molecule has 1 aliphatic rings. The molecule has 0 fully saturated rings. The van der Waals surface area contributed by atoms with Crippen molar-refractivity contribution in [1.29, 1.82) is 0 Å². The summed E-state index contributed by atoms with van der Waals surface area (Å²) in [5.74, 6) is -2.10. The zero-order chi connectivity index (χ0) is 21.2. The average Bonchev–Trinajstić information content (AvgIpc) is 3.09. The molecule has 1 amide bonds. The molecule has 0 spiro atoms.